The highest BCUT2D eigenvalue weighted by molar-refractivity contribution is 4.97. The highest BCUT2D eigenvalue weighted by atomic mass is 14.7. The van der Waals surface area contributed by atoms with E-state index in [9.17, 15) is 0 Å². The summed E-state index contributed by atoms with van der Waals surface area (Å²) in [7, 11) is 0. The summed E-state index contributed by atoms with van der Waals surface area (Å²) in [4.78, 5) is 0. The normalized spacial score (nSPS) is 41.3. The summed E-state index contributed by atoms with van der Waals surface area (Å²) in [5.41, 5.74) is 6.10. The zero-order valence-corrected chi connectivity index (χ0v) is 6.93. The first kappa shape index (κ1) is 7.80. The van der Waals surface area contributed by atoms with Crippen LogP contribution in [0.1, 0.15) is 33.1 Å². The second-order valence-corrected chi connectivity index (χ2v) is 3.80. The SMILES string of the molecule is CC1C=CCC[C@@](C)(N)C1. The van der Waals surface area contributed by atoms with Crippen molar-refractivity contribution in [2.45, 2.75) is 38.6 Å². The van der Waals surface area contributed by atoms with E-state index in [1.807, 2.05) is 0 Å². The van der Waals surface area contributed by atoms with Crippen molar-refractivity contribution < 1.29 is 0 Å². The Bertz CT molecular complexity index is 136. The first-order valence-electron chi connectivity index (χ1n) is 4.06. The summed E-state index contributed by atoms with van der Waals surface area (Å²) < 4.78 is 0. The number of nitrogens with two attached hydrogens (primary N) is 1. The topological polar surface area (TPSA) is 26.0 Å². The molecule has 1 unspecified atom stereocenters. The Kier molecular flexibility index (Phi) is 2.14. The number of hydrogen-bond acceptors (Lipinski definition) is 1. The van der Waals surface area contributed by atoms with Crippen LogP contribution in [0.4, 0.5) is 0 Å². The van der Waals surface area contributed by atoms with Crippen LogP contribution in [-0.2, 0) is 0 Å². The van der Waals surface area contributed by atoms with Crippen molar-refractivity contribution in [2.24, 2.45) is 11.7 Å². The van der Waals surface area contributed by atoms with Gasteiger partial charge in [-0.1, -0.05) is 19.1 Å². The van der Waals surface area contributed by atoms with Gasteiger partial charge in [-0.25, -0.2) is 0 Å². The van der Waals surface area contributed by atoms with Gasteiger partial charge in [-0.3, -0.25) is 0 Å². The van der Waals surface area contributed by atoms with Crippen LogP contribution in [0.15, 0.2) is 12.2 Å². The molecule has 1 rings (SSSR count). The molecule has 0 aliphatic heterocycles. The molecule has 1 aliphatic rings. The van der Waals surface area contributed by atoms with Crippen molar-refractivity contribution in [3.05, 3.63) is 12.2 Å². The van der Waals surface area contributed by atoms with E-state index in [-0.39, 0.29) is 5.54 Å². The Hall–Kier alpha value is -0.300. The molecule has 0 spiro atoms. The molecule has 0 amide bonds. The van der Waals surface area contributed by atoms with Gasteiger partial charge in [0.15, 0.2) is 0 Å². The van der Waals surface area contributed by atoms with Crippen molar-refractivity contribution in [3.63, 3.8) is 0 Å². The van der Waals surface area contributed by atoms with Gasteiger partial charge >= 0.3 is 0 Å². The predicted octanol–water partition coefficient (Wildman–Crippen LogP) is 2.08. The van der Waals surface area contributed by atoms with Crippen LogP contribution in [-0.4, -0.2) is 5.54 Å². The third-order valence-corrected chi connectivity index (χ3v) is 2.14. The molecule has 10 heavy (non-hydrogen) atoms. The zero-order chi connectivity index (χ0) is 7.61. The summed E-state index contributed by atoms with van der Waals surface area (Å²) in [5.74, 6) is 0.664. The van der Waals surface area contributed by atoms with E-state index < -0.39 is 0 Å². The molecule has 58 valence electrons. The average Bonchev–Trinajstić information content (AvgIpc) is 1.90. The molecular weight excluding hydrogens is 122 g/mol. The monoisotopic (exact) mass is 139 g/mol. The molecule has 2 atom stereocenters. The van der Waals surface area contributed by atoms with Gasteiger partial charge in [0, 0.05) is 5.54 Å². The van der Waals surface area contributed by atoms with Crippen LogP contribution >= 0.6 is 0 Å². The van der Waals surface area contributed by atoms with Crippen molar-refractivity contribution >= 4 is 0 Å². The molecule has 0 heterocycles. The molecule has 0 saturated carbocycles. The molecule has 0 saturated heterocycles. The summed E-state index contributed by atoms with van der Waals surface area (Å²) in [6, 6.07) is 0. The second-order valence-electron chi connectivity index (χ2n) is 3.80. The van der Waals surface area contributed by atoms with Crippen molar-refractivity contribution in [3.8, 4) is 0 Å². The van der Waals surface area contributed by atoms with Crippen molar-refractivity contribution in [1.29, 1.82) is 0 Å². The van der Waals surface area contributed by atoms with Crippen molar-refractivity contribution in [1.82, 2.24) is 0 Å². The van der Waals surface area contributed by atoms with E-state index in [1.165, 1.54) is 0 Å². The Morgan fingerprint density at radius 2 is 2.30 bits per heavy atom. The fraction of sp³-hybridized carbons (Fsp3) is 0.778. The van der Waals surface area contributed by atoms with Crippen LogP contribution in [0.25, 0.3) is 0 Å². The lowest BCUT2D eigenvalue weighted by molar-refractivity contribution is 0.375. The lowest BCUT2D eigenvalue weighted by Gasteiger charge is -2.24. The highest BCUT2D eigenvalue weighted by Gasteiger charge is 2.21. The fourth-order valence-corrected chi connectivity index (χ4v) is 1.65. The van der Waals surface area contributed by atoms with E-state index in [1.54, 1.807) is 0 Å². The maximum absolute atomic E-state index is 6.03. The fourth-order valence-electron chi connectivity index (χ4n) is 1.65. The van der Waals surface area contributed by atoms with Crippen LogP contribution in [0.3, 0.4) is 0 Å². The molecule has 0 radical (unpaired) electrons. The van der Waals surface area contributed by atoms with Gasteiger partial charge in [0.1, 0.15) is 0 Å². The Balaban J connectivity index is 2.55. The average molecular weight is 139 g/mol. The van der Waals surface area contributed by atoms with Crippen LogP contribution in [0.2, 0.25) is 0 Å². The molecule has 1 heteroatoms. The third kappa shape index (κ3) is 2.14. The first-order valence-corrected chi connectivity index (χ1v) is 4.06. The largest absolute Gasteiger partial charge is 0.325 e. The Morgan fingerprint density at radius 1 is 1.60 bits per heavy atom. The molecule has 0 fully saturated rings. The minimum atomic E-state index is 0.0723. The Morgan fingerprint density at radius 3 is 3.00 bits per heavy atom. The summed E-state index contributed by atoms with van der Waals surface area (Å²) in [5, 5.41) is 0. The molecule has 2 N–H and O–H groups in total. The molecule has 0 bridgehead atoms. The van der Waals surface area contributed by atoms with Gasteiger partial charge in [-0.2, -0.15) is 0 Å². The molecule has 1 nitrogen and oxygen atoms in total. The minimum Gasteiger partial charge on any atom is -0.325 e. The van der Waals surface area contributed by atoms with Crippen LogP contribution in [0.5, 0.6) is 0 Å². The van der Waals surface area contributed by atoms with Gasteiger partial charge in [0.2, 0.25) is 0 Å². The van der Waals surface area contributed by atoms with Gasteiger partial charge in [0.25, 0.3) is 0 Å². The molecule has 0 aromatic carbocycles. The van der Waals surface area contributed by atoms with E-state index in [4.69, 9.17) is 5.73 Å². The van der Waals surface area contributed by atoms with Crippen molar-refractivity contribution in [2.75, 3.05) is 0 Å². The molecule has 0 aromatic heterocycles. The predicted molar refractivity (Wildman–Crippen MR) is 44.7 cm³/mol. The standard InChI is InChI=1S/C9H17N/c1-8-5-3-4-6-9(2,10)7-8/h3,5,8H,4,6-7,10H2,1-2H3/t8?,9-/m1/s1. The molecular formula is C9H17N. The Labute approximate surface area is 63.3 Å². The van der Waals surface area contributed by atoms with Gasteiger partial charge in [-0.15, -0.1) is 0 Å². The smallest absolute Gasteiger partial charge is 0.0134 e. The highest BCUT2D eigenvalue weighted by Crippen LogP contribution is 2.23. The van der Waals surface area contributed by atoms with Gasteiger partial charge in [0.05, 0.1) is 0 Å². The van der Waals surface area contributed by atoms with E-state index >= 15 is 0 Å². The van der Waals surface area contributed by atoms with E-state index in [0.29, 0.717) is 5.92 Å². The van der Waals surface area contributed by atoms with E-state index in [2.05, 4.69) is 26.0 Å². The molecule has 1 aliphatic carbocycles. The summed E-state index contributed by atoms with van der Waals surface area (Å²) >= 11 is 0. The van der Waals surface area contributed by atoms with Crippen LogP contribution in [0, 0.1) is 5.92 Å². The first-order chi connectivity index (χ1) is 4.60. The lowest BCUT2D eigenvalue weighted by atomic mass is 9.89. The number of hydrogen-bond donors (Lipinski definition) is 1. The van der Waals surface area contributed by atoms with E-state index in [0.717, 1.165) is 19.3 Å². The number of allylic oxidation sites excluding steroid dienone is 2. The summed E-state index contributed by atoms with van der Waals surface area (Å²) in [6.07, 6.45) is 7.94. The second kappa shape index (κ2) is 2.75. The van der Waals surface area contributed by atoms with Gasteiger partial charge in [-0.05, 0) is 32.1 Å². The maximum atomic E-state index is 6.03. The summed E-state index contributed by atoms with van der Waals surface area (Å²) in [6.45, 7) is 4.38. The quantitative estimate of drug-likeness (QED) is 0.511. The minimum absolute atomic E-state index is 0.0723. The lowest BCUT2D eigenvalue weighted by Crippen LogP contribution is -2.36. The number of rotatable bonds is 0. The third-order valence-electron chi connectivity index (χ3n) is 2.14. The van der Waals surface area contributed by atoms with Gasteiger partial charge < -0.3 is 5.73 Å². The van der Waals surface area contributed by atoms with Crippen LogP contribution < -0.4 is 5.73 Å². The maximum Gasteiger partial charge on any atom is 0.0134 e. The zero-order valence-electron chi connectivity index (χ0n) is 6.93. The molecule has 0 aromatic rings.